The molecule has 178 valence electrons. The van der Waals surface area contributed by atoms with E-state index in [9.17, 15) is 9.59 Å². The average molecular weight is 477 g/mol. The first-order valence-electron chi connectivity index (χ1n) is 10.6. The number of benzene rings is 2. The van der Waals surface area contributed by atoms with E-state index in [1.54, 1.807) is 48.1 Å². The number of hydrogen-bond donors (Lipinski definition) is 0. The standard InChI is InChI=1S/C24H29ClN2O6/c1-6-33-24(29)27-15(2)11-19(18-12-21(30-3)22(31-4)13-20(18)27)26(23(28)32-5)14-16-7-9-17(25)10-8-16/h7-10,12-13,15,19H,6,11,14H2,1-5H3. The normalized spacial score (nSPS) is 17.1. The number of anilines is 1. The van der Waals surface area contributed by atoms with Crippen LogP contribution in [0.2, 0.25) is 5.02 Å². The van der Waals surface area contributed by atoms with Crippen molar-refractivity contribution in [2.75, 3.05) is 32.8 Å². The summed E-state index contributed by atoms with van der Waals surface area (Å²) in [4.78, 5) is 29.0. The second-order valence-corrected chi connectivity index (χ2v) is 8.10. The van der Waals surface area contributed by atoms with Gasteiger partial charge in [-0.15, -0.1) is 0 Å². The van der Waals surface area contributed by atoms with Gasteiger partial charge >= 0.3 is 12.2 Å². The van der Waals surface area contributed by atoms with Crippen molar-refractivity contribution in [2.24, 2.45) is 0 Å². The maximum atomic E-state index is 12.9. The maximum Gasteiger partial charge on any atom is 0.414 e. The average Bonchev–Trinajstić information content (AvgIpc) is 2.82. The highest BCUT2D eigenvalue weighted by molar-refractivity contribution is 6.30. The van der Waals surface area contributed by atoms with Crippen molar-refractivity contribution in [1.29, 1.82) is 0 Å². The lowest BCUT2D eigenvalue weighted by Gasteiger charge is -2.42. The van der Waals surface area contributed by atoms with Gasteiger partial charge < -0.3 is 18.9 Å². The highest BCUT2D eigenvalue weighted by atomic mass is 35.5. The number of amides is 2. The molecule has 0 fully saturated rings. The van der Waals surface area contributed by atoms with Crippen molar-refractivity contribution in [3.05, 3.63) is 52.5 Å². The first-order valence-corrected chi connectivity index (χ1v) is 11.0. The van der Waals surface area contributed by atoms with E-state index in [0.29, 0.717) is 35.2 Å². The molecule has 2 amide bonds. The van der Waals surface area contributed by atoms with E-state index in [-0.39, 0.29) is 18.7 Å². The summed E-state index contributed by atoms with van der Waals surface area (Å²) in [6, 6.07) is 10.2. The molecule has 9 heteroatoms. The molecule has 8 nitrogen and oxygen atoms in total. The van der Waals surface area contributed by atoms with Crippen molar-refractivity contribution in [1.82, 2.24) is 4.90 Å². The molecule has 0 aromatic heterocycles. The summed E-state index contributed by atoms with van der Waals surface area (Å²) in [5.41, 5.74) is 2.23. The molecule has 1 aliphatic rings. The van der Waals surface area contributed by atoms with Crippen molar-refractivity contribution in [3.63, 3.8) is 0 Å². The Morgan fingerprint density at radius 1 is 1.09 bits per heavy atom. The van der Waals surface area contributed by atoms with Crippen LogP contribution in [-0.2, 0) is 16.0 Å². The van der Waals surface area contributed by atoms with Gasteiger partial charge in [0.15, 0.2) is 11.5 Å². The van der Waals surface area contributed by atoms with E-state index in [4.69, 9.17) is 30.5 Å². The van der Waals surface area contributed by atoms with Crippen LogP contribution >= 0.6 is 11.6 Å². The first-order chi connectivity index (χ1) is 15.8. The van der Waals surface area contributed by atoms with Crippen LogP contribution in [0.25, 0.3) is 0 Å². The van der Waals surface area contributed by atoms with E-state index in [1.165, 1.54) is 14.2 Å². The van der Waals surface area contributed by atoms with Gasteiger partial charge in [0.1, 0.15) is 0 Å². The summed E-state index contributed by atoms with van der Waals surface area (Å²) in [6.45, 7) is 4.23. The SMILES string of the molecule is CCOC(=O)N1c2cc(OC)c(OC)cc2C(N(Cc2ccc(Cl)cc2)C(=O)OC)CC1C. The molecule has 33 heavy (non-hydrogen) atoms. The van der Waals surface area contributed by atoms with Crippen LogP contribution < -0.4 is 14.4 Å². The van der Waals surface area contributed by atoms with Gasteiger partial charge in [0.25, 0.3) is 0 Å². The van der Waals surface area contributed by atoms with Gasteiger partial charge in [-0.2, -0.15) is 0 Å². The fourth-order valence-electron chi connectivity index (χ4n) is 4.12. The van der Waals surface area contributed by atoms with Gasteiger partial charge in [0, 0.05) is 29.2 Å². The molecule has 0 bridgehead atoms. The molecule has 2 aromatic carbocycles. The molecule has 0 aliphatic carbocycles. The molecule has 0 spiro atoms. The van der Waals surface area contributed by atoms with Crippen LogP contribution in [0.15, 0.2) is 36.4 Å². The van der Waals surface area contributed by atoms with Crippen LogP contribution in [-0.4, -0.2) is 51.1 Å². The van der Waals surface area contributed by atoms with Gasteiger partial charge in [0.05, 0.1) is 39.7 Å². The summed E-state index contributed by atoms with van der Waals surface area (Å²) in [5.74, 6) is 0.969. The second kappa shape index (κ2) is 10.7. The van der Waals surface area contributed by atoms with E-state index in [1.807, 2.05) is 19.1 Å². The molecule has 0 saturated heterocycles. The summed E-state index contributed by atoms with van der Waals surface area (Å²) in [6.07, 6.45) is -0.462. The van der Waals surface area contributed by atoms with Gasteiger partial charge in [-0.25, -0.2) is 9.59 Å². The minimum atomic E-state index is -0.479. The van der Waals surface area contributed by atoms with E-state index in [0.717, 1.165) is 11.1 Å². The van der Waals surface area contributed by atoms with Crippen LogP contribution in [0.5, 0.6) is 11.5 Å². The Balaban J connectivity index is 2.13. The van der Waals surface area contributed by atoms with Crippen LogP contribution in [0.4, 0.5) is 15.3 Å². The third-order valence-electron chi connectivity index (χ3n) is 5.67. The summed E-state index contributed by atoms with van der Waals surface area (Å²) in [7, 11) is 4.42. The zero-order chi connectivity index (χ0) is 24.1. The lowest BCUT2D eigenvalue weighted by atomic mass is 9.90. The lowest BCUT2D eigenvalue weighted by molar-refractivity contribution is 0.0941. The summed E-state index contributed by atoms with van der Waals surface area (Å²) < 4.78 is 21.4. The van der Waals surface area contributed by atoms with E-state index >= 15 is 0 Å². The molecule has 2 aromatic rings. The summed E-state index contributed by atoms with van der Waals surface area (Å²) >= 11 is 6.03. The van der Waals surface area contributed by atoms with Gasteiger partial charge in [-0.1, -0.05) is 23.7 Å². The van der Waals surface area contributed by atoms with E-state index < -0.39 is 12.2 Å². The molecule has 0 saturated carbocycles. The molecule has 2 atom stereocenters. The Kier molecular flexibility index (Phi) is 7.92. The quantitative estimate of drug-likeness (QED) is 0.553. The number of ether oxygens (including phenoxy) is 4. The number of rotatable bonds is 6. The molecular weight excluding hydrogens is 448 g/mol. The Bertz CT molecular complexity index is 997. The smallest absolute Gasteiger partial charge is 0.414 e. The molecule has 2 unspecified atom stereocenters. The Hall–Kier alpha value is -3.13. The maximum absolute atomic E-state index is 12.9. The van der Waals surface area contributed by atoms with E-state index in [2.05, 4.69) is 0 Å². The first kappa shape index (κ1) is 24.5. The largest absolute Gasteiger partial charge is 0.493 e. The zero-order valence-electron chi connectivity index (χ0n) is 19.5. The minimum Gasteiger partial charge on any atom is -0.493 e. The van der Waals surface area contributed by atoms with Gasteiger partial charge in [0.2, 0.25) is 0 Å². The topological polar surface area (TPSA) is 77.5 Å². The van der Waals surface area contributed by atoms with Crippen LogP contribution in [0, 0.1) is 0 Å². The fraction of sp³-hybridized carbons (Fsp3) is 0.417. The lowest BCUT2D eigenvalue weighted by Crippen LogP contribution is -2.47. The zero-order valence-corrected chi connectivity index (χ0v) is 20.2. The predicted octanol–water partition coefficient (Wildman–Crippen LogP) is 5.42. The third kappa shape index (κ3) is 5.11. The highest BCUT2D eigenvalue weighted by Crippen LogP contribution is 2.46. The molecule has 1 heterocycles. The number of carbonyl (C=O) groups is 2. The summed E-state index contributed by atoms with van der Waals surface area (Å²) in [5, 5.41) is 0.613. The van der Waals surface area contributed by atoms with Gasteiger partial charge in [-0.05, 0) is 44.0 Å². The number of fused-ring (bicyclic) bond motifs is 1. The molecule has 1 aliphatic heterocycles. The monoisotopic (exact) mass is 476 g/mol. The number of nitrogens with zero attached hydrogens (tertiary/aromatic N) is 2. The number of carbonyl (C=O) groups excluding carboxylic acids is 2. The minimum absolute atomic E-state index is 0.249. The molecule has 0 N–H and O–H groups in total. The van der Waals surface area contributed by atoms with Crippen LogP contribution in [0.3, 0.4) is 0 Å². The third-order valence-corrected chi connectivity index (χ3v) is 5.92. The number of methoxy groups -OCH3 is 3. The van der Waals surface area contributed by atoms with Crippen molar-refractivity contribution < 1.29 is 28.5 Å². The molecule has 3 rings (SSSR count). The Morgan fingerprint density at radius 3 is 2.30 bits per heavy atom. The van der Waals surface area contributed by atoms with Crippen LogP contribution in [0.1, 0.15) is 37.4 Å². The van der Waals surface area contributed by atoms with Gasteiger partial charge in [-0.3, -0.25) is 9.80 Å². The molecule has 0 radical (unpaired) electrons. The predicted molar refractivity (Wildman–Crippen MR) is 125 cm³/mol. The van der Waals surface area contributed by atoms with Crippen molar-refractivity contribution in [3.8, 4) is 11.5 Å². The Labute approximate surface area is 198 Å². The highest BCUT2D eigenvalue weighted by Gasteiger charge is 2.40. The Morgan fingerprint density at radius 2 is 1.73 bits per heavy atom. The fourth-order valence-corrected chi connectivity index (χ4v) is 4.25. The number of halogens is 1. The number of hydrogen-bond acceptors (Lipinski definition) is 6. The second-order valence-electron chi connectivity index (χ2n) is 7.66. The van der Waals surface area contributed by atoms with Crippen molar-refractivity contribution >= 4 is 29.5 Å². The van der Waals surface area contributed by atoms with Crippen molar-refractivity contribution in [2.45, 2.75) is 38.9 Å². The molecular formula is C24H29ClN2O6.